The van der Waals surface area contributed by atoms with Crippen LogP contribution < -0.4 is 0 Å². The van der Waals surface area contributed by atoms with Gasteiger partial charge in [-0.15, -0.1) is 0 Å². The van der Waals surface area contributed by atoms with Crippen molar-refractivity contribution in [1.29, 1.82) is 0 Å². The molecule has 0 radical (unpaired) electrons. The van der Waals surface area contributed by atoms with Gasteiger partial charge < -0.3 is 29.9 Å². The van der Waals surface area contributed by atoms with Crippen LogP contribution in [0.4, 0.5) is 0 Å². The van der Waals surface area contributed by atoms with Gasteiger partial charge in [0.15, 0.2) is 6.29 Å². The molecule has 5 rings (SSSR count). The molecule has 1 saturated heterocycles. The third-order valence-electron chi connectivity index (χ3n) is 13.4. The average molecular weight is 577 g/mol. The number of aliphatic hydroxyl groups is 4. The van der Waals surface area contributed by atoms with E-state index in [1.807, 2.05) is 0 Å². The minimum atomic E-state index is -1.39. The quantitative estimate of drug-likeness (QED) is 0.203. The lowest BCUT2D eigenvalue weighted by Crippen LogP contribution is -2.60. The molecule has 6 nitrogen and oxygen atoms in total. The molecule has 236 valence electrons. The van der Waals surface area contributed by atoms with Crippen LogP contribution in [0.1, 0.15) is 112 Å². The maximum atomic E-state index is 10.5. The number of ether oxygens (including phenoxy) is 2. The van der Waals surface area contributed by atoms with Crippen LogP contribution in [0, 0.1) is 52.3 Å². The van der Waals surface area contributed by atoms with Gasteiger partial charge in [0.05, 0.1) is 12.7 Å². The van der Waals surface area contributed by atoms with Gasteiger partial charge in [0.25, 0.3) is 0 Å². The molecule has 14 atom stereocenters. The molecular formula is C35H60O6. The van der Waals surface area contributed by atoms with Gasteiger partial charge >= 0.3 is 0 Å². The standard InChI is InChI=1S/C35H60O6/c1-7-22(20(2)3)9-8-21(4)26-12-13-27-25-11-10-23-18-24(14-16-34(23,5)28(25)15-17-35(26,27)6)40-33-32(39)31(38)30(37)29(19-36)41-33/h12,20-25,27-33,36-39H,7-11,13-19H2,1-6H3. The lowest BCUT2D eigenvalue weighted by atomic mass is 9.44. The number of allylic oxidation sites excluding steroid dienone is 2. The zero-order chi connectivity index (χ0) is 29.7. The largest absolute Gasteiger partial charge is 0.394 e. The van der Waals surface area contributed by atoms with E-state index in [0.717, 1.165) is 48.9 Å². The predicted molar refractivity (Wildman–Crippen MR) is 161 cm³/mol. The van der Waals surface area contributed by atoms with Crippen LogP contribution in [-0.4, -0.2) is 63.8 Å². The number of rotatable bonds is 9. The molecule has 14 unspecified atom stereocenters. The predicted octanol–water partition coefficient (Wildman–Crippen LogP) is 5.85. The normalized spacial score (nSPS) is 47.7. The molecule has 0 aromatic rings. The first-order valence-corrected chi connectivity index (χ1v) is 17.1. The Morgan fingerprint density at radius 1 is 0.951 bits per heavy atom. The van der Waals surface area contributed by atoms with Crippen molar-refractivity contribution in [2.24, 2.45) is 52.3 Å². The zero-order valence-corrected chi connectivity index (χ0v) is 26.7. The van der Waals surface area contributed by atoms with E-state index in [4.69, 9.17) is 9.47 Å². The smallest absolute Gasteiger partial charge is 0.186 e. The van der Waals surface area contributed by atoms with Crippen molar-refractivity contribution < 1.29 is 29.9 Å². The number of hydrogen-bond donors (Lipinski definition) is 4. The van der Waals surface area contributed by atoms with E-state index < -0.39 is 37.3 Å². The summed E-state index contributed by atoms with van der Waals surface area (Å²) >= 11 is 0. The number of hydrogen-bond acceptors (Lipinski definition) is 6. The molecule has 3 saturated carbocycles. The molecule has 1 aliphatic heterocycles. The summed E-state index contributed by atoms with van der Waals surface area (Å²) in [6.45, 7) is 14.4. The topological polar surface area (TPSA) is 99.4 Å². The molecule has 4 N–H and O–H groups in total. The molecule has 4 fully saturated rings. The second-order valence-corrected chi connectivity index (χ2v) is 15.6. The maximum Gasteiger partial charge on any atom is 0.186 e. The van der Waals surface area contributed by atoms with Gasteiger partial charge in [0.1, 0.15) is 24.4 Å². The van der Waals surface area contributed by atoms with E-state index in [-0.39, 0.29) is 6.10 Å². The Balaban J connectivity index is 1.21. The second-order valence-electron chi connectivity index (χ2n) is 15.6. The average Bonchev–Trinajstić information content (AvgIpc) is 3.30. The van der Waals surface area contributed by atoms with E-state index >= 15 is 0 Å². The fraction of sp³-hybridized carbons (Fsp3) is 0.943. The molecule has 6 heteroatoms. The highest BCUT2D eigenvalue weighted by molar-refractivity contribution is 5.27. The van der Waals surface area contributed by atoms with Gasteiger partial charge in [0.2, 0.25) is 0 Å². The third-order valence-corrected chi connectivity index (χ3v) is 13.4. The van der Waals surface area contributed by atoms with Crippen LogP contribution in [-0.2, 0) is 9.47 Å². The van der Waals surface area contributed by atoms with E-state index in [2.05, 4.69) is 47.6 Å². The Hall–Kier alpha value is -0.500. The van der Waals surface area contributed by atoms with Crippen molar-refractivity contribution in [3.05, 3.63) is 11.6 Å². The van der Waals surface area contributed by atoms with E-state index in [0.29, 0.717) is 22.7 Å². The van der Waals surface area contributed by atoms with Crippen LogP contribution >= 0.6 is 0 Å². The maximum absolute atomic E-state index is 10.5. The minimum absolute atomic E-state index is 0.0432. The Labute approximate surface area is 249 Å². The van der Waals surface area contributed by atoms with E-state index in [1.165, 1.54) is 51.4 Å². The van der Waals surface area contributed by atoms with E-state index in [9.17, 15) is 20.4 Å². The second kappa shape index (κ2) is 12.5. The van der Waals surface area contributed by atoms with Crippen LogP contribution in [0.2, 0.25) is 0 Å². The summed E-state index contributed by atoms with van der Waals surface area (Å²) in [7, 11) is 0. The lowest BCUT2D eigenvalue weighted by Gasteiger charge is -2.61. The van der Waals surface area contributed by atoms with Crippen molar-refractivity contribution in [3.8, 4) is 0 Å². The Morgan fingerprint density at radius 3 is 2.39 bits per heavy atom. The summed E-state index contributed by atoms with van der Waals surface area (Å²) < 4.78 is 11.9. The van der Waals surface area contributed by atoms with Gasteiger partial charge in [-0.1, -0.05) is 59.6 Å². The zero-order valence-electron chi connectivity index (χ0n) is 26.7. The Morgan fingerprint density at radius 2 is 1.71 bits per heavy atom. The first kappa shape index (κ1) is 31.9. The molecule has 0 amide bonds. The molecule has 1 heterocycles. The summed E-state index contributed by atoms with van der Waals surface area (Å²) in [4.78, 5) is 0. The van der Waals surface area contributed by atoms with Crippen LogP contribution in [0.15, 0.2) is 11.6 Å². The molecule has 4 aliphatic carbocycles. The summed E-state index contributed by atoms with van der Waals surface area (Å²) in [5.41, 5.74) is 2.47. The van der Waals surface area contributed by atoms with Crippen molar-refractivity contribution in [3.63, 3.8) is 0 Å². The molecule has 5 aliphatic rings. The molecule has 0 bridgehead atoms. The molecule has 0 aromatic heterocycles. The SMILES string of the molecule is CCC(CCC(C)C1=CCC2C3CCC4CC(OC5OC(CO)C(O)C(O)C5O)CCC4(C)C3CCC12C)C(C)C. The van der Waals surface area contributed by atoms with Gasteiger partial charge in [-0.2, -0.15) is 0 Å². The van der Waals surface area contributed by atoms with Gasteiger partial charge in [0, 0.05) is 0 Å². The summed E-state index contributed by atoms with van der Waals surface area (Å²) in [5.74, 6) is 5.25. The summed E-state index contributed by atoms with van der Waals surface area (Å²) in [5, 5.41) is 40.4. The van der Waals surface area contributed by atoms with Gasteiger partial charge in [-0.05, 0) is 116 Å². The van der Waals surface area contributed by atoms with Gasteiger partial charge in [-0.3, -0.25) is 0 Å². The van der Waals surface area contributed by atoms with Gasteiger partial charge in [-0.25, -0.2) is 0 Å². The highest BCUT2D eigenvalue weighted by Gasteiger charge is 2.59. The number of aliphatic hydroxyl groups excluding tert-OH is 4. The first-order valence-electron chi connectivity index (χ1n) is 17.1. The fourth-order valence-corrected chi connectivity index (χ4v) is 10.7. The van der Waals surface area contributed by atoms with Crippen molar-refractivity contribution >= 4 is 0 Å². The van der Waals surface area contributed by atoms with Crippen LogP contribution in [0.3, 0.4) is 0 Å². The number of fused-ring (bicyclic) bond motifs is 5. The molecule has 0 aromatic carbocycles. The summed E-state index contributed by atoms with van der Waals surface area (Å²) in [6.07, 6.45) is 10.0. The first-order chi connectivity index (χ1) is 19.4. The van der Waals surface area contributed by atoms with E-state index in [1.54, 1.807) is 5.57 Å². The minimum Gasteiger partial charge on any atom is -0.394 e. The monoisotopic (exact) mass is 576 g/mol. The fourth-order valence-electron chi connectivity index (χ4n) is 10.7. The van der Waals surface area contributed by atoms with Crippen molar-refractivity contribution in [2.45, 2.75) is 149 Å². The highest BCUT2D eigenvalue weighted by atomic mass is 16.7. The summed E-state index contributed by atoms with van der Waals surface area (Å²) in [6, 6.07) is 0. The highest BCUT2D eigenvalue weighted by Crippen LogP contribution is 2.67. The van der Waals surface area contributed by atoms with Crippen LogP contribution in [0.5, 0.6) is 0 Å². The Bertz CT molecular complexity index is 918. The van der Waals surface area contributed by atoms with Crippen molar-refractivity contribution in [2.75, 3.05) is 6.61 Å². The Kier molecular flexibility index (Phi) is 9.71. The third kappa shape index (κ3) is 5.73. The van der Waals surface area contributed by atoms with Crippen LogP contribution in [0.25, 0.3) is 0 Å². The lowest BCUT2D eigenvalue weighted by molar-refractivity contribution is -0.316. The molecular weight excluding hydrogens is 516 g/mol. The molecule has 0 spiro atoms. The molecule has 41 heavy (non-hydrogen) atoms. The van der Waals surface area contributed by atoms with Crippen molar-refractivity contribution in [1.82, 2.24) is 0 Å².